The Kier molecular flexibility index (Phi) is 8.46. The van der Waals surface area contributed by atoms with Crippen molar-refractivity contribution < 1.29 is 27.5 Å². The van der Waals surface area contributed by atoms with Gasteiger partial charge < -0.3 is 10.1 Å². The number of nitrogens with one attached hydrogen (secondary N) is 2. The zero-order chi connectivity index (χ0) is 22.1. The van der Waals surface area contributed by atoms with Gasteiger partial charge in [-0.2, -0.15) is 0 Å². The molecule has 0 aliphatic rings. The Bertz CT molecular complexity index is 1040. The average molecular weight is 451 g/mol. The molecule has 0 fully saturated rings. The maximum Gasteiger partial charge on any atom is 0.355 e. The molecule has 2 N–H and O–H groups in total. The molecule has 1 aromatic carbocycles. The predicted molar refractivity (Wildman–Crippen MR) is 114 cm³/mol. The van der Waals surface area contributed by atoms with Gasteiger partial charge in [-0.15, -0.1) is 11.3 Å². The van der Waals surface area contributed by atoms with E-state index in [2.05, 4.69) is 10.0 Å². The third-order valence-corrected chi connectivity index (χ3v) is 5.56. The average Bonchev–Trinajstić information content (AvgIpc) is 3.14. The summed E-state index contributed by atoms with van der Waals surface area (Å²) in [5.74, 6) is -1.65. The van der Waals surface area contributed by atoms with Crippen LogP contribution in [0.4, 0.5) is 0 Å². The van der Waals surface area contributed by atoms with Crippen LogP contribution in [0.2, 0.25) is 0 Å². The zero-order valence-corrected chi connectivity index (χ0v) is 18.1. The fraction of sp³-hybridized carbons (Fsp3) is 0.250. The lowest BCUT2D eigenvalue weighted by atomic mass is 10.2. The first-order valence-electron chi connectivity index (χ1n) is 8.92. The molecule has 0 bridgehead atoms. The molecule has 0 saturated carbocycles. The molecule has 160 valence electrons. The normalized spacial score (nSPS) is 11.7. The molecule has 0 atom stereocenters. The van der Waals surface area contributed by atoms with Crippen LogP contribution in [-0.4, -0.2) is 45.5 Å². The number of benzene rings is 1. The van der Waals surface area contributed by atoms with Gasteiger partial charge in [0.15, 0.2) is 6.61 Å². The van der Waals surface area contributed by atoms with Gasteiger partial charge in [-0.1, -0.05) is 30.3 Å². The number of sulfonamides is 1. The van der Waals surface area contributed by atoms with E-state index < -0.39 is 34.3 Å². The number of thiophene rings is 1. The summed E-state index contributed by atoms with van der Waals surface area (Å²) in [5.41, 5.74) is 0.621. The molecule has 2 rings (SSSR count). The van der Waals surface area contributed by atoms with E-state index >= 15 is 0 Å². The third kappa shape index (κ3) is 8.27. The summed E-state index contributed by atoms with van der Waals surface area (Å²) >= 11 is 1.20. The number of rotatable bonds is 10. The van der Waals surface area contributed by atoms with E-state index in [1.165, 1.54) is 24.3 Å². The van der Waals surface area contributed by atoms with Gasteiger partial charge in [-0.05, 0) is 30.2 Å². The Balaban J connectivity index is 1.96. The van der Waals surface area contributed by atoms with Crippen molar-refractivity contribution in [2.24, 2.45) is 0 Å². The number of carbonyl (C=O) groups excluding carboxylic acids is 3. The molecule has 0 spiro atoms. The maximum atomic E-state index is 12.3. The van der Waals surface area contributed by atoms with Crippen molar-refractivity contribution in [3.8, 4) is 0 Å². The van der Waals surface area contributed by atoms with Gasteiger partial charge in [0.25, 0.3) is 0 Å². The second kappa shape index (κ2) is 10.8. The lowest BCUT2D eigenvalue weighted by molar-refractivity contribution is -0.139. The number of esters is 1. The van der Waals surface area contributed by atoms with Crippen LogP contribution in [0, 0.1) is 0 Å². The number of amides is 1. The first kappa shape index (κ1) is 23.5. The van der Waals surface area contributed by atoms with E-state index in [0.717, 1.165) is 11.1 Å². The Labute approximate surface area is 179 Å². The number of ketones is 1. The highest BCUT2D eigenvalue weighted by atomic mass is 32.2. The first-order chi connectivity index (χ1) is 14.1. The van der Waals surface area contributed by atoms with Crippen LogP contribution in [-0.2, 0) is 30.8 Å². The van der Waals surface area contributed by atoms with Crippen molar-refractivity contribution in [1.29, 1.82) is 0 Å². The van der Waals surface area contributed by atoms with Gasteiger partial charge >= 0.3 is 5.97 Å². The molecule has 0 radical (unpaired) electrons. The molecule has 1 amide bonds. The van der Waals surface area contributed by atoms with E-state index in [9.17, 15) is 22.8 Å². The lowest BCUT2D eigenvalue weighted by Crippen LogP contribution is -2.27. The molecule has 30 heavy (non-hydrogen) atoms. The zero-order valence-electron chi connectivity index (χ0n) is 16.5. The summed E-state index contributed by atoms with van der Waals surface area (Å²) in [7, 11) is -3.27. The van der Waals surface area contributed by atoms with Gasteiger partial charge in [0.1, 0.15) is 5.70 Å². The molecular formula is C20H22N2O6S2. The van der Waals surface area contributed by atoms with Crippen LogP contribution in [0.3, 0.4) is 0 Å². The predicted octanol–water partition coefficient (Wildman–Crippen LogP) is 1.74. The van der Waals surface area contributed by atoms with E-state index in [0.29, 0.717) is 16.9 Å². The Morgan fingerprint density at radius 1 is 1.10 bits per heavy atom. The minimum Gasteiger partial charge on any atom is -0.453 e. The Hall–Kier alpha value is -2.82. The molecule has 0 unspecified atom stereocenters. The molecule has 8 nitrogen and oxygen atoms in total. The number of hydrogen-bond acceptors (Lipinski definition) is 7. The van der Waals surface area contributed by atoms with Crippen LogP contribution in [0.5, 0.6) is 0 Å². The lowest BCUT2D eigenvalue weighted by Gasteiger charge is -2.08. The molecular weight excluding hydrogens is 428 g/mol. The van der Waals surface area contributed by atoms with Crippen molar-refractivity contribution >= 4 is 45.1 Å². The molecule has 0 saturated heterocycles. The molecule has 10 heteroatoms. The fourth-order valence-corrected chi connectivity index (χ4v) is 3.76. The quantitative estimate of drug-likeness (QED) is 0.323. The number of ether oxygens (including phenoxy) is 1. The summed E-state index contributed by atoms with van der Waals surface area (Å²) in [5, 5.41) is 2.41. The third-order valence-electron chi connectivity index (χ3n) is 3.65. The minimum absolute atomic E-state index is 0.0692. The highest BCUT2D eigenvalue weighted by molar-refractivity contribution is 7.88. The Morgan fingerprint density at radius 2 is 1.80 bits per heavy atom. The molecule has 0 aliphatic heterocycles. The summed E-state index contributed by atoms with van der Waals surface area (Å²) < 4.78 is 29.6. The minimum atomic E-state index is -3.27. The summed E-state index contributed by atoms with van der Waals surface area (Å²) in [6.07, 6.45) is 2.98. The van der Waals surface area contributed by atoms with E-state index in [4.69, 9.17) is 4.74 Å². The van der Waals surface area contributed by atoms with Crippen LogP contribution in [0.1, 0.15) is 27.0 Å². The summed E-state index contributed by atoms with van der Waals surface area (Å²) in [4.78, 5) is 37.3. The second-order valence-corrected chi connectivity index (χ2v) is 9.33. The second-order valence-electron chi connectivity index (χ2n) is 6.33. The summed E-state index contributed by atoms with van der Waals surface area (Å²) in [6, 6.07) is 12.2. The van der Waals surface area contributed by atoms with Crippen LogP contribution in [0.25, 0.3) is 6.08 Å². The van der Waals surface area contributed by atoms with Gasteiger partial charge in [-0.3, -0.25) is 9.59 Å². The van der Waals surface area contributed by atoms with E-state index in [1.807, 2.05) is 6.07 Å². The summed E-state index contributed by atoms with van der Waals surface area (Å²) in [6.45, 7) is 1.02. The van der Waals surface area contributed by atoms with Crippen molar-refractivity contribution in [2.45, 2.75) is 13.3 Å². The highest BCUT2D eigenvalue weighted by Crippen LogP contribution is 2.18. The van der Waals surface area contributed by atoms with Crippen LogP contribution in [0.15, 0.2) is 48.2 Å². The maximum absolute atomic E-state index is 12.3. The fourth-order valence-electron chi connectivity index (χ4n) is 2.35. The van der Waals surface area contributed by atoms with Gasteiger partial charge in [-0.25, -0.2) is 17.9 Å². The van der Waals surface area contributed by atoms with E-state index in [1.54, 1.807) is 36.4 Å². The van der Waals surface area contributed by atoms with Crippen molar-refractivity contribution in [3.05, 3.63) is 63.5 Å². The van der Waals surface area contributed by atoms with Gasteiger partial charge in [0.2, 0.25) is 21.7 Å². The molecule has 2 aromatic rings. The molecule has 1 heterocycles. The van der Waals surface area contributed by atoms with Crippen molar-refractivity contribution in [1.82, 2.24) is 10.0 Å². The monoisotopic (exact) mass is 450 g/mol. The number of carbonyl (C=O) groups is 3. The Morgan fingerprint density at radius 3 is 2.43 bits per heavy atom. The number of hydrogen-bond donors (Lipinski definition) is 2. The van der Waals surface area contributed by atoms with Gasteiger partial charge in [0, 0.05) is 18.3 Å². The van der Waals surface area contributed by atoms with Crippen molar-refractivity contribution in [3.63, 3.8) is 0 Å². The topological polar surface area (TPSA) is 119 Å². The molecule has 0 aliphatic carbocycles. The smallest absolute Gasteiger partial charge is 0.355 e. The highest BCUT2D eigenvalue weighted by Gasteiger charge is 2.17. The largest absolute Gasteiger partial charge is 0.453 e. The standard InChI is InChI=1S/C20H22N2O6S2/c1-14(23)22-17(12-15-6-4-3-5-7-15)20(25)28-13-18(24)19-9-8-16(29-19)10-11-21-30(2,26)27/h3-9,12,21H,10-11,13H2,1-2H3,(H,22,23)/b17-12-. The van der Waals surface area contributed by atoms with Gasteiger partial charge in [0.05, 0.1) is 11.1 Å². The molecule has 1 aromatic heterocycles. The van der Waals surface area contributed by atoms with Crippen molar-refractivity contribution in [2.75, 3.05) is 19.4 Å². The first-order valence-corrected chi connectivity index (χ1v) is 11.6. The number of Topliss-reactive ketones (excluding diaryl/α,β-unsaturated/α-hetero) is 1. The SMILES string of the molecule is CC(=O)N/C(=C\c1ccccc1)C(=O)OCC(=O)c1ccc(CCNS(C)(=O)=O)s1. The van der Waals surface area contributed by atoms with Crippen LogP contribution >= 0.6 is 11.3 Å². The van der Waals surface area contributed by atoms with Crippen LogP contribution < -0.4 is 10.0 Å². The van der Waals surface area contributed by atoms with E-state index in [-0.39, 0.29) is 12.2 Å².